The van der Waals surface area contributed by atoms with Crippen LogP contribution < -0.4 is 10.5 Å². The van der Waals surface area contributed by atoms with Gasteiger partial charge in [0.05, 0.1) is 31.3 Å². The molecule has 116 valence electrons. The first-order valence-corrected chi connectivity index (χ1v) is 7.41. The van der Waals surface area contributed by atoms with Crippen LogP contribution in [-0.2, 0) is 4.74 Å². The molecule has 2 N–H and O–H groups in total. The topological polar surface area (TPSA) is 74.7 Å². The Kier molecular flexibility index (Phi) is 4.39. The summed E-state index contributed by atoms with van der Waals surface area (Å²) in [4.78, 5) is 4.12. The number of ether oxygens (including phenoxy) is 2. The van der Waals surface area contributed by atoms with Gasteiger partial charge in [-0.3, -0.25) is 0 Å². The Labute approximate surface area is 129 Å². The van der Waals surface area contributed by atoms with Crippen LogP contribution in [-0.4, -0.2) is 35.2 Å². The molecular formula is C16H20N4O2. The normalized spacial score (nSPS) is 16.2. The zero-order valence-corrected chi connectivity index (χ0v) is 12.6. The van der Waals surface area contributed by atoms with E-state index in [4.69, 9.17) is 15.2 Å². The number of aryl methyl sites for hydroxylation is 1. The van der Waals surface area contributed by atoms with Crippen molar-refractivity contribution in [2.24, 2.45) is 5.10 Å². The summed E-state index contributed by atoms with van der Waals surface area (Å²) >= 11 is 0. The number of para-hydroxylation sites is 1. The molecule has 1 aliphatic rings. The molecule has 0 atom stereocenters. The first kappa shape index (κ1) is 14.6. The van der Waals surface area contributed by atoms with Crippen LogP contribution in [0, 0.1) is 6.92 Å². The van der Waals surface area contributed by atoms with Gasteiger partial charge in [0, 0.05) is 18.4 Å². The Morgan fingerprint density at radius 3 is 2.86 bits per heavy atom. The number of imidazole rings is 1. The number of nitrogen functional groups attached to an aromatic ring is 1. The molecule has 1 aliphatic heterocycles. The molecule has 0 spiro atoms. The van der Waals surface area contributed by atoms with Crippen molar-refractivity contribution in [1.29, 1.82) is 0 Å². The summed E-state index contributed by atoms with van der Waals surface area (Å²) in [5.74, 6) is 1.20. The maximum absolute atomic E-state index is 6.08. The van der Waals surface area contributed by atoms with Gasteiger partial charge in [0.1, 0.15) is 11.9 Å². The summed E-state index contributed by atoms with van der Waals surface area (Å²) in [7, 11) is 0. The molecule has 2 aromatic rings. The zero-order valence-electron chi connectivity index (χ0n) is 12.6. The molecule has 3 rings (SSSR count). The van der Waals surface area contributed by atoms with Crippen LogP contribution in [0.4, 0.5) is 5.95 Å². The van der Waals surface area contributed by atoms with E-state index in [1.54, 1.807) is 17.1 Å². The van der Waals surface area contributed by atoms with Crippen molar-refractivity contribution in [3.8, 4) is 5.75 Å². The number of rotatable bonds is 4. The highest BCUT2D eigenvalue weighted by atomic mass is 16.5. The maximum Gasteiger partial charge on any atom is 0.221 e. The lowest BCUT2D eigenvalue weighted by Gasteiger charge is -2.24. The number of nitrogens with two attached hydrogens (primary N) is 1. The third kappa shape index (κ3) is 3.46. The van der Waals surface area contributed by atoms with Crippen LogP contribution in [0.5, 0.6) is 5.75 Å². The Balaban J connectivity index is 1.77. The van der Waals surface area contributed by atoms with Crippen LogP contribution in [0.3, 0.4) is 0 Å². The van der Waals surface area contributed by atoms with Gasteiger partial charge in [-0.2, -0.15) is 5.10 Å². The molecule has 1 aromatic heterocycles. The molecule has 1 fully saturated rings. The van der Waals surface area contributed by atoms with E-state index in [1.165, 1.54) is 0 Å². The highest BCUT2D eigenvalue weighted by molar-refractivity contribution is 5.83. The molecule has 0 aliphatic carbocycles. The van der Waals surface area contributed by atoms with Crippen LogP contribution in [0.2, 0.25) is 0 Å². The Morgan fingerprint density at radius 1 is 1.36 bits per heavy atom. The van der Waals surface area contributed by atoms with E-state index in [0.29, 0.717) is 5.95 Å². The number of benzene rings is 1. The van der Waals surface area contributed by atoms with Gasteiger partial charge >= 0.3 is 0 Å². The molecule has 0 saturated carbocycles. The van der Waals surface area contributed by atoms with Crippen molar-refractivity contribution in [3.05, 3.63) is 41.7 Å². The van der Waals surface area contributed by atoms with Gasteiger partial charge in [0.2, 0.25) is 5.95 Å². The maximum atomic E-state index is 6.08. The quantitative estimate of drug-likeness (QED) is 0.879. The molecule has 0 amide bonds. The summed E-state index contributed by atoms with van der Waals surface area (Å²) in [6, 6.07) is 7.85. The highest BCUT2D eigenvalue weighted by Gasteiger charge is 2.16. The van der Waals surface area contributed by atoms with Gasteiger partial charge < -0.3 is 15.2 Å². The van der Waals surface area contributed by atoms with Crippen LogP contribution in [0.15, 0.2) is 35.6 Å². The number of hydrogen-bond donors (Lipinski definition) is 1. The number of aromatic nitrogens is 2. The molecule has 22 heavy (non-hydrogen) atoms. The lowest BCUT2D eigenvalue weighted by Crippen LogP contribution is -2.26. The van der Waals surface area contributed by atoms with Gasteiger partial charge in [-0.25, -0.2) is 9.66 Å². The number of nitrogens with zero attached hydrogens (tertiary/aromatic N) is 3. The number of anilines is 1. The predicted molar refractivity (Wildman–Crippen MR) is 85.3 cm³/mol. The summed E-state index contributed by atoms with van der Waals surface area (Å²) in [6.45, 7) is 3.39. The first-order valence-electron chi connectivity index (χ1n) is 7.41. The summed E-state index contributed by atoms with van der Waals surface area (Å²) in [6.07, 6.45) is 5.56. The largest absolute Gasteiger partial charge is 0.490 e. The van der Waals surface area contributed by atoms with Gasteiger partial charge in [-0.1, -0.05) is 12.1 Å². The molecule has 0 bridgehead atoms. The average Bonchev–Trinajstić information content (AvgIpc) is 2.85. The predicted octanol–water partition coefficient (Wildman–Crippen LogP) is 2.21. The molecule has 6 heteroatoms. The smallest absolute Gasteiger partial charge is 0.221 e. The van der Waals surface area contributed by atoms with Gasteiger partial charge in [-0.05, 0) is 19.1 Å². The molecule has 1 aromatic carbocycles. The molecule has 0 radical (unpaired) electrons. The van der Waals surface area contributed by atoms with Crippen molar-refractivity contribution in [1.82, 2.24) is 9.66 Å². The average molecular weight is 300 g/mol. The Bertz CT molecular complexity index is 660. The van der Waals surface area contributed by atoms with Crippen LogP contribution in [0.25, 0.3) is 0 Å². The van der Waals surface area contributed by atoms with Crippen molar-refractivity contribution in [2.45, 2.75) is 25.9 Å². The van der Waals surface area contributed by atoms with E-state index in [0.717, 1.165) is 43.1 Å². The second kappa shape index (κ2) is 6.62. The standard InChI is InChI=1S/C16H20N4O2/c1-12-11-20(16(17)19-12)18-10-13-4-2-3-5-15(13)22-14-6-8-21-9-7-14/h2-5,10-11,14H,6-9H2,1H3,(H2,17,19). The summed E-state index contributed by atoms with van der Waals surface area (Å²) in [5.41, 5.74) is 7.54. The van der Waals surface area contributed by atoms with E-state index >= 15 is 0 Å². The third-order valence-electron chi connectivity index (χ3n) is 3.54. The third-order valence-corrected chi connectivity index (χ3v) is 3.54. The fourth-order valence-electron chi connectivity index (χ4n) is 2.39. The minimum atomic E-state index is 0.198. The lowest BCUT2D eigenvalue weighted by atomic mass is 10.1. The molecule has 1 saturated heterocycles. The zero-order chi connectivity index (χ0) is 15.4. The molecule has 2 heterocycles. The Hall–Kier alpha value is -2.34. The van der Waals surface area contributed by atoms with Crippen molar-refractivity contribution < 1.29 is 9.47 Å². The second-order valence-electron chi connectivity index (χ2n) is 5.30. The molecular weight excluding hydrogens is 280 g/mol. The van der Waals surface area contributed by atoms with E-state index in [9.17, 15) is 0 Å². The van der Waals surface area contributed by atoms with E-state index in [-0.39, 0.29) is 6.10 Å². The van der Waals surface area contributed by atoms with Gasteiger partial charge in [-0.15, -0.1) is 0 Å². The first-order chi connectivity index (χ1) is 10.7. The fraction of sp³-hybridized carbons (Fsp3) is 0.375. The summed E-state index contributed by atoms with van der Waals surface area (Å²) < 4.78 is 13.0. The fourth-order valence-corrected chi connectivity index (χ4v) is 2.39. The summed E-state index contributed by atoms with van der Waals surface area (Å²) in [5, 5.41) is 4.35. The molecule has 6 nitrogen and oxygen atoms in total. The lowest BCUT2D eigenvalue weighted by molar-refractivity contribution is 0.0255. The van der Waals surface area contributed by atoms with Crippen LogP contribution in [0.1, 0.15) is 24.1 Å². The van der Waals surface area contributed by atoms with E-state index in [2.05, 4.69) is 10.1 Å². The van der Waals surface area contributed by atoms with Crippen molar-refractivity contribution in [2.75, 3.05) is 18.9 Å². The van der Waals surface area contributed by atoms with Crippen molar-refractivity contribution >= 4 is 12.2 Å². The van der Waals surface area contributed by atoms with Gasteiger partial charge in [0.15, 0.2) is 0 Å². The van der Waals surface area contributed by atoms with Crippen LogP contribution >= 0.6 is 0 Å². The monoisotopic (exact) mass is 300 g/mol. The van der Waals surface area contributed by atoms with Crippen molar-refractivity contribution in [3.63, 3.8) is 0 Å². The SMILES string of the molecule is Cc1cn(N=Cc2ccccc2OC2CCOCC2)c(N)n1. The second-order valence-corrected chi connectivity index (χ2v) is 5.30. The van der Waals surface area contributed by atoms with E-state index in [1.807, 2.05) is 31.2 Å². The number of hydrogen-bond acceptors (Lipinski definition) is 5. The Morgan fingerprint density at radius 2 is 2.14 bits per heavy atom. The van der Waals surface area contributed by atoms with Gasteiger partial charge in [0.25, 0.3) is 0 Å². The minimum Gasteiger partial charge on any atom is -0.490 e. The molecule has 0 unspecified atom stereocenters. The minimum absolute atomic E-state index is 0.198. The highest BCUT2D eigenvalue weighted by Crippen LogP contribution is 2.21. The van der Waals surface area contributed by atoms with E-state index < -0.39 is 0 Å².